The third kappa shape index (κ3) is 5.58. The lowest BCUT2D eigenvalue weighted by atomic mass is 10.2. The summed E-state index contributed by atoms with van der Waals surface area (Å²) in [5, 5.41) is 8.66. The van der Waals surface area contributed by atoms with Crippen molar-refractivity contribution in [3.63, 3.8) is 0 Å². The minimum Gasteiger partial charge on any atom is -0.396 e. The molecule has 1 heterocycles. The summed E-state index contributed by atoms with van der Waals surface area (Å²) < 4.78 is 1.02. The zero-order valence-corrected chi connectivity index (χ0v) is 11.3. The molecule has 0 saturated heterocycles. The molecular formula is C12H19BrN2O. The topological polar surface area (TPSA) is 36.4 Å². The van der Waals surface area contributed by atoms with E-state index in [1.54, 1.807) is 0 Å². The fourth-order valence-electron chi connectivity index (χ4n) is 1.53. The van der Waals surface area contributed by atoms with E-state index >= 15 is 0 Å². The van der Waals surface area contributed by atoms with E-state index in [1.807, 2.05) is 18.3 Å². The van der Waals surface area contributed by atoms with Crippen LogP contribution in [0, 0.1) is 0 Å². The molecule has 3 nitrogen and oxygen atoms in total. The van der Waals surface area contributed by atoms with Crippen molar-refractivity contribution >= 4 is 15.9 Å². The summed E-state index contributed by atoms with van der Waals surface area (Å²) in [6, 6.07) is 4.05. The van der Waals surface area contributed by atoms with Crippen molar-refractivity contribution in [2.24, 2.45) is 0 Å². The zero-order chi connectivity index (χ0) is 11.8. The largest absolute Gasteiger partial charge is 0.396 e. The van der Waals surface area contributed by atoms with E-state index in [2.05, 4.69) is 32.9 Å². The van der Waals surface area contributed by atoms with Crippen LogP contribution in [-0.2, 0) is 6.54 Å². The van der Waals surface area contributed by atoms with Gasteiger partial charge in [-0.15, -0.1) is 0 Å². The highest BCUT2D eigenvalue weighted by molar-refractivity contribution is 9.10. The quantitative estimate of drug-likeness (QED) is 0.783. The molecule has 1 rings (SSSR count). The normalized spacial score (nSPS) is 11.0. The highest BCUT2D eigenvalue weighted by Crippen LogP contribution is 2.09. The van der Waals surface area contributed by atoms with Crippen LogP contribution >= 0.6 is 15.9 Å². The Morgan fingerprint density at radius 1 is 1.31 bits per heavy atom. The fourth-order valence-corrected chi connectivity index (χ4v) is 1.76. The van der Waals surface area contributed by atoms with Gasteiger partial charge in [-0.2, -0.15) is 0 Å². The van der Waals surface area contributed by atoms with E-state index in [0.717, 1.165) is 42.5 Å². The minimum atomic E-state index is 0.304. The van der Waals surface area contributed by atoms with E-state index < -0.39 is 0 Å². The van der Waals surface area contributed by atoms with Crippen LogP contribution in [-0.4, -0.2) is 35.2 Å². The van der Waals surface area contributed by atoms with Gasteiger partial charge in [0.05, 0.1) is 5.69 Å². The third-order valence-corrected chi connectivity index (χ3v) is 2.89. The van der Waals surface area contributed by atoms with Gasteiger partial charge in [-0.25, -0.2) is 0 Å². The summed E-state index contributed by atoms with van der Waals surface area (Å²) in [5.74, 6) is 0. The number of halogens is 1. The first kappa shape index (κ1) is 13.6. The molecular weight excluding hydrogens is 268 g/mol. The van der Waals surface area contributed by atoms with E-state index in [0.29, 0.717) is 6.61 Å². The van der Waals surface area contributed by atoms with Crippen LogP contribution in [0.15, 0.2) is 22.8 Å². The number of aliphatic hydroxyl groups excluding tert-OH is 1. The molecule has 0 aliphatic heterocycles. The number of rotatable bonds is 7. The lowest BCUT2D eigenvalue weighted by Gasteiger charge is -2.15. The highest BCUT2D eigenvalue weighted by atomic mass is 79.9. The van der Waals surface area contributed by atoms with Crippen molar-refractivity contribution < 1.29 is 5.11 Å². The molecule has 0 bridgehead atoms. The van der Waals surface area contributed by atoms with E-state index in [1.165, 1.54) is 0 Å². The molecule has 0 saturated carbocycles. The predicted octanol–water partition coefficient (Wildman–Crippen LogP) is 2.44. The van der Waals surface area contributed by atoms with Crippen LogP contribution < -0.4 is 0 Å². The monoisotopic (exact) mass is 286 g/mol. The lowest BCUT2D eigenvalue weighted by Crippen LogP contribution is -2.19. The Morgan fingerprint density at radius 3 is 2.75 bits per heavy atom. The fraction of sp³-hybridized carbons (Fsp3) is 0.583. The van der Waals surface area contributed by atoms with Crippen molar-refractivity contribution in [1.82, 2.24) is 9.88 Å². The molecule has 0 fully saturated rings. The van der Waals surface area contributed by atoms with Gasteiger partial charge in [-0.1, -0.05) is 0 Å². The molecule has 0 aliphatic carbocycles. The number of aromatic nitrogens is 1. The number of hydrogen-bond donors (Lipinski definition) is 1. The van der Waals surface area contributed by atoms with Gasteiger partial charge in [-0.05, 0) is 60.9 Å². The molecule has 0 unspecified atom stereocenters. The summed E-state index contributed by atoms with van der Waals surface area (Å²) in [6.45, 7) is 2.24. The Labute approximate surface area is 106 Å². The van der Waals surface area contributed by atoms with Crippen molar-refractivity contribution in [1.29, 1.82) is 0 Å². The maximum atomic E-state index is 8.66. The number of aliphatic hydroxyl groups is 1. The molecule has 16 heavy (non-hydrogen) atoms. The van der Waals surface area contributed by atoms with Gasteiger partial charge < -0.3 is 10.0 Å². The Morgan fingerprint density at radius 2 is 2.12 bits per heavy atom. The van der Waals surface area contributed by atoms with Crippen LogP contribution in [0.3, 0.4) is 0 Å². The van der Waals surface area contributed by atoms with Gasteiger partial charge in [0.1, 0.15) is 0 Å². The average molecular weight is 287 g/mol. The zero-order valence-electron chi connectivity index (χ0n) is 9.69. The molecule has 0 atom stereocenters. The second-order valence-corrected chi connectivity index (χ2v) is 4.91. The number of unbranched alkanes of at least 4 members (excludes halogenated alkanes) is 2. The van der Waals surface area contributed by atoms with Crippen molar-refractivity contribution in [2.75, 3.05) is 20.2 Å². The first-order chi connectivity index (χ1) is 7.72. The number of hydrogen-bond acceptors (Lipinski definition) is 3. The van der Waals surface area contributed by atoms with E-state index in [-0.39, 0.29) is 0 Å². The first-order valence-electron chi connectivity index (χ1n) is 5.62. The molecule has 0 amide bonds. The van der Waals surface area contributed by atoms with Crippen LogP contribution in [0.5, 0.6) is 0 Å². The summed E-state index contributed by atoms with van der Waals surface area (Å²) >= 11 is 3.37. The van der Waals surface area contributed by atoms with Crippen LogP contribution in [0.25, 0.3) is 0 Å². The summed E-state index contributed by atoms with van der Waals surface area (Å²) in [5.41, 5.74) is 1.09. The van der Waals surface area contributed by atoms with Gasteiger partial charge in [0.25, 0.3) is 0 Å². The number of nitrogens with zero attached hydrogens (tertiary/aromatic N) is 2. The molecule has 0 spiro atoms. The molecule has 90 valence electrons. The molecule has 0 aromatic carbocycles. The molecule has 0 radical (unpaired) electrons. The SMILES string of the molecule is CN(CCCCCO)Cc1ccc(Br)cn1. The Balaban J connectivity index is 2.23. The second-order valence-electron chi connectivity index (χ2n) is 3.99. The predicted molar refractivity (Wildman–Crippen MR) is 69.2 cm³/mol. The van der Waals surface area contributed by atoms with Crippen LogP contribution in [0.1, 0.15) is 25.0 Å². The number of pyridine rings is 1. The maximum absolute atomic E-state index is 8.66. The second kappa shape index (κ2) is 7.76. The van der Waals surface area contributed by atoms with Crippen molar-refractivity contribution in [2.45, 2.75) is 25.8 Å². The first-order valence-corrected chi connectivity index (χ1v) is 6.41. The molecule has 0 aliphatic rings. The Kier molecular flexibility index (Phi) is 6.61. The minimum absolute atomic E-state index is 0.304. The van der Waals surface area contributed by atoms with Gasteiger partial charge >= 0.3 is 0 Å². The van der Waals surface area contributed by atoms with Crippen LogP contribution in [0.4, 0.5) is 0 Å². The third-order valence-electron chi connectivity index (χ3n) is 2.42. The summed E-state index contributed by atoms with van der Waals surface area (Å²) in [6.07, 6.45) is 4.96. The van der Waals surface area contributed by atoms with E-state index in [9.17, 15) is 0 Å². The van der Waals surface area contributed by atoms with Crippen LogP contribution in [0.2, 0.25) is 0 Å². The molecule has 1 aromatic heterocycles. The van der Waals surface area contributed by atoms with Gasteiger partial charge in [-0.3, -0.25) is 4.98 Å². The molecule has 4 heteroatoms. The van der Waals surface area contributed by atoms with Gasteiger partial charge in [0.15, 0.2) is 0 Å². The Hall–Kier alpha value is -0.450. The summed E-state index contributed by atoms with van der Waals surface area (Å²) in [4.78, 5) is 6.59. The summed E-state index contributed by atoms with van der Waals surface area (Å²) in [7, 11) is 2.10. The van der Waals surface area contributed by atoms with Crippen molar-refractivity contribution in [3.8, 4) is 0 Å². The molecule has 1 N–H and O–H groups in total. The smallest absolute Gasteiger partial charge is 0.0544 e. The maximum Gasteiger partial charge on any atom is 0.0544 e. The Bertz CT molecular complexity index is 290. The average Bonchev–Trinajstić information content (AvgIpc) is 2.28. The van der Waals surface area contributed by atoms with Gasteiger partial charge in [0, 0.05) is 23.8 Å². The van der Waals surface area contributed by atoms with E-state index in [4.69, 9.17) is 5.11 Å². The van der Waals surface area contributed by atoms with Gasteiger partial charge in [0.2, 0.25) is 0 Å². The molecule has 1 aromatic rings. The standard InChI is InChI=1S/C12H19BrN2O/c1-15(7-3-2-4-8-16)10-12-6-5-11(13)9-14-12/h5-6,9,16H,2-4,7-8,10H2,1H3. The van der Waals surface area contributed by atoms with Crippen molar-refractivity contribution in [3.05, 3.63) is 28.5 Å². The lowest BCUT2D eigenvalue weighted by molar-refractivity contribution is 0.270. The highest BCUT2D eigenvalue weighted by Gasteiger charge is 2.01.